The van der Waals surface area contributed by atoms with Crippen molar-refractivity contribution in [3.8, 4) is 0 Å². The highest BCUT2D eigenvalue weighted by Gasteiger charge is 2.21. The van der Waals surface area contributed by atoms with Gasteiger partial charge in [0.05, 0.1) is 0 Å². The van der Waals surface area contributed by atoms with Crippen LogP contribution >= 0.6 is 0 Å². The molecule has 13 heavy (non-hydrogen) atoms. The molecule has 0 saturated carbocycles. The van der Waals surface area contributed by atoms with Crippen molar-refractivity contribution in [3.63, 3.8) is 0 Å². The van der Waals surface area contributed by atoms with E-state index in [1.807, 2.05) is 6.07 Å². The minimum absolute atomic E-state index is 0.264. The number of allylic oxidation sites excluding steroid dienone is 2. The van der Waals surface area contributed by atoms with E-state index >= 15 is 0 Å². The predicted molar refractivity (Wildman–Crippen MR) is 45.3 cm³/mol. The average Bonchev–Trinajstić information content (AvgIpc) is 2.04. The third-order valence-corrected chi connectivity index (χ3v) is 1.50. The molecule has 0 atom stereocenters. The second-order valence-electron chi connectivity index (χ2n) is 2.63. The molecular weight excluding hydrogens is 177 g/mol. The molecule has 3 heteroatoms. The van der Waals surface area contributed by atoms with Crippen molar-refractivity contribution in [2.24, 2.45) is 0 Å². The van der Waals surface area contributed by atoms with E-state index in [1.54, 1.807) is 24.3 Å². The van der Waals surface area contributed by atoms with Crippen LogP contribution in [0.15, 0.2) is 42.5 Å². The van der Waals surface area contributed by atoms with E-state index in [0.717, 1.165) is 11.6 Å². The highest BCUT2D eigenvalue weighted by atomic mass is 19.4. The van der Waals surface area contributed by atoms with E-state index < -0.39 is 6.18 Å². The van der Waals surface area contributed by atoms with Crippen LogP contribution in [0.4, 0.5) is 13.2 Å². The van der Waals surface area contributed by atoms with Crippen molar-refractivity contribution in [3.05, 3.63) is 48.0 Å². The molecular formula is C10H9F3. The summed E-state index contributed by atoms with van der Waals surface area (Å²) < 4.78 is 35.0. The summed E-state index contributed by atoms with van der Waals surface area (Å²) in [6.45, 7) is 0. The van der Waals surface area contributed by atoms with Gasteiger partial charge in [0.15, 0.2) is 0 Å². The summed E-state index contributed by atoms with van der Waals surface area (Å²) >= 11 is 0. The van der Waals surface area contributed by atoms with Crippen LogP contribution in [0.25, 0.3) is 0 Å². The fourth-order valence-corrected chi connectivity index (χ4v) is 0.943. The average molecular weight is 186 g/mol. The lowest BCUT2D eigenvalue weighted by Gasteiger charge is -1.97. The Kier molecular flexibility index (Phi) is 3.12. The lowest BCUT2D eigenvalue weighted by molar-refractivity contribution is -0.0800. The number of rotatable bonds is 2. The minimum Gasteiger partial charge on any atom is -0.167 e. The van der Waals surface area contributed by atoms with Gasteiger partial charge in [-0.05, 0) is 12.0 Å². The van der Waals surface area contributed by atoms with Gasteiger partial charge in [-0.25, -0.2) is 0 Å². The van der Waals surface area contributed by atoms with Crippen LogP contribution in [0.3, 0.4) is 0 Å². The molecule has 0 amide bonds. The van der Waals surface area contributed by atoms with Gasteiger partial charge in [0, 0.05) is 6.08 Å². The second-order valence-corrected chi connectivity index (χ2v) is 2.63. The van der Waals surface area contributed by atoms with Crippen molar-refractivity contribution in [1.82, 2.24) is 0 Å². The van der Waals surface area contributed by atoms with Crippen LogP contribution < -0.4 is 0 Å². The van der Waals surface area contributed by atoms with Gasteiger partial charge in [0.2, 0.25) is 0 Å². The van der Waals surface area contributed by atoms with Gasteiger partial charge in [0.1, 0.15) is 0 Å². The van der Waals surface area contributed by atoms with Gasteiger partial charge in [-0.2, -0.15) is 13.2 Å². The number of halogens is 3. The normalized spacial score (nSPS) is 12.2. The van der Waals surface area contributed by atoms with Crippen LogP contribution in [0.1, 0.15) is 5.56 Å². The Hall–Kier alpha value is -1.25. The Balaban J connectivity index is 2.49. The Morgan fingerprint density at radius 1 is 1.08 bits per heavy atom. The minimum atomic E-state index is -4.20. The maximum Gasteiger partial charge on any atom is 0.409 e. The van der Waals surface area contributed by atoms with Crippen LogP contribution in [0.2, 0.25) is 0 Å². The van der Waals surface area contributed by atoms with E-state index in [2.05, 4.69) is 0 Å². The van der Waals surface area contributed by atoms with Crippen molar-refractivity contribution < 1.29 is 13.2 Å². The van der Waals surface area contributed by atoms with Crippen LogP contribution in [0, 0.1) is 0 Å². The lowest BCUT2D eigenvalue weighted by atomic mass is 10.1. The molecule has 0 aromatic heterocycles. The van der Waals surface area contributed by atoms with Crippen molar-refractivity contribution in [1.29, 1.82) is 0 Å². The van der Waals surface area contributed by atoms with Gasteiger partial charge in [-0.3, -0.25) is 0 Å². The molecule has 0 heterocycles. The zero-order valence-corrected chi connectivity index (χ0v) is 6.88. The SMILES string of the molecule is FC(F)(F)C=CCc1ccccc1. The summed E-state index contributed by atoms with van der Waals surface area (Å²) in [5.74, 6) is 0. The van der Waals surface area contributed by atoms with Gasteiger partial charge in [-0.1, -0.05) is 36.4 Å². The first-order valence-electron chi connectivity index (χ1n) is 3.86. The molecule has 0 nitrogen and oxygen atoms in total. The molecule has 0 aliphatic carbocycles. The molecule has 0 bridgehead atoms. The van der Waals surface area contributed by atoms with E-state index in [4.69, 9.17) is 0 Å². The smallest absolute Gasteiger partial charge is 0.167 e. The molecule has 70 valence electrons. The van der Waals surface area contributed by atoms with Crippen LogP contribution in [-0.2, 0) is 6.42 Å². The van der Waals surface area contributed by atoms with E-state index in [9.17, 15) is 13.2 Å². The molecule has 1 rings (SSSR count). The molecule has 0 saturated heterocycles. The molecule has 1 aromatic rings. The summed E-state index contributed by atoms with van der Waals surface area (Å²) in [4.78, 5) is 0. The van der Waals surface area contributed by atoms with Crippen molar-refractivity contribution in [2.45, 2.75) is 12.6 Å². The summed E-state index contributed by atoms with van der Waals surface area (Å²) in [7, 11) is 0. The largest absolute Gasteiger partial charge is 0.409 e. The summed E-state index contributed by atoms with van der Waals surface area (Å²) in [6.07, 6.45) is -2.50. The van der Waals surface area contributed by atoms with Gasteiger partial charge in [0.25, 0.3) is 0 Å². The fraction of sp³-hybridized carbons (Fsp3) is 0.200. The maximum absolute atomic E-state index is 11.7. The zero-order valence-electron chi connectivity index (χ0n) is 6.88. The van der Waals surface area contributed by atoms with Gasteiger partial charge < -0.3 is 0 Å². The third-order valence-electron chi connectivity index (χ3n) is 1.50. The first kappa shape index (κ1) is 9.84. The van der Waals surface area contributed by atoms with Gasteiger partial charge >= 0.3 is 6.18 Å². The Bertz CT molecular complexity index is 272. The van der Waals surface area contributed by atoms with Crippen molar-refractivity contribution in [2.75, 3.05) is 0 Å². The molecule has 0 fully saturated rings. The Morgan fingerprint density at radius 3 is 2.23 bits per heavy atom. The molecule has 0 N–H and O–H groups in total. The Labute approximate surface area is 74.7 Å². The number of hydrogen-bond donors (Lipinski definition) is 0. The lowest BCUT2D eigenvalue weighted by Crippen LogP contribution is -2.00. The van der Waals surface area contributed by atoms with Crippen LogP contribution in [0.5, 0.6) is 0 Å². The van der Waals surface area contributed by atoms with E-state index in [-0.39, 0.29) is 6.08 Å². The summed E-state index contributed by atoms with van der Waals surface area (Å²) in [5, 5.41) is 0. The zero-order chi connectivity index (χ0) is 9.73. The molecule has 1 aromatic carbocycles. The van der Waals surface area contributed by atoms with Crippen molar-refractivity contribution >= 4 is 0 Å². The predicted octanol–water partition coefficient (Wildman–Crippen LogP) is 3.35. The second kappa shape index (κ2) is 4.12. The number of hydrogen-bond acceptors (Lipinski definition) is 0. The molecule has 0 aliphatic heterocycles. The topological polar surface area (TPSA) is 0 Å². The van der Waals surface area contributed by atoms with Crippen LogP contribution in [-0.4, -0.2) is 6.18 Å². The fourth-order valence-electron chi connectivity index (χ4n) is 0.943. The highest BCUT2D eigenvalue weighted by Crippen LogP contribution is 2.16. The number of alkyl halides is 3. The molecule has 0 unspecified atom stereocenters. The first-order chi connectivity index (χ1) is 6.08. The molecule has 0 spiro atoms. The molecule has 0 radical (unpaired) electrons. The molecule has 0 aliphatic rings. The summed E-state index contributed by atoms with van der Waals surface area (Å²) in [6, 6.07) is 9.02. The third kappa shape index (κ3) is 4.35. The van der Waals surface area contributed by atoms with E-state index in [1.165, 1.54) is 0 Å². The van der Waals surface area contributed by atoms with E-state index in [0.29, 0.717) is 6.42 Å². The maximum atomic E-state index is 11.7. The monoisotopic (exact) mass is 186 g/mol. The standard InChI is InChI=1S/C10H9F3/c11-10(12,13)8-4-7-9-5-2-1-3-6-9/h1-6,8H,7H2. The first-order valence-corrected chi connectivity index (χ1v) is 3.86. The highest BCUT2D eigenvalue weighted by molar-refractivity contribution is 5.17. The van der Waals surface area contributed by atoms with Gasteiger partial charge in [-0.15, -0.1) is 0 Å². The summed E-state index contributed by atoms with van der Waals surface area (Å²) in [5.41, 5.74) is 0.878. The quantitative estimate of drug-likeness (QED) is 0.621. The Morgan fingerprint density at radius 2 is 1.69 bits per heavy atom. The number of benzene rings is 1.